The van der Waals surface area contributed by atoms with Gasteiger partial charge in [0.15, 0.2) is 0 Å². The summed E-state index contributed by atoms with van der Waals surface area (Å²) in [6.07, 6.45) is 0.126. The van der Waals surface area contributed by atoms with Gasteiger partial charge in [0.1, 0.15) is 11.7 Å². The number of nitro benzene ring substituents is 1. The highest BCUT2D eigenvalue weighted by Gasteiger charge is 2.24. The van der Waals surface area contributed by atoms with Crippen molar-refractivity contribution in [2.45, 2.75) is 25.3 Å². The largest absolute Gasteiger partial charge is 0.480 e. The van der Waals surface area contributed by atoms with Crippen molar-refractivity contribution in [1.29, 1.82) is 0 Å². The molecule has 0 aliphatic carbocycles. The first-order valence-electron chi connectivity index (χ1n) is 11.4. The second-order valence-corrected chi connectivity index (χ2v) is 8.36. The molecule has 0 radical (unpaired) electrons. The fourth-order valence-electron chi connectivity index (χ4n) is 4.02. The van der Waals surface area contributed by atoms with Crippen LogP contribution in [0, 0.1) is 10.1 Å². The maximum absolute atomic E-state index is 12.7. The number of fused-ring (bicyclic) bond motifs is 2. The van der Waals surface area contributed by atoms with E-state index in [0.717, 1.165) is 16.8 Å². The predicted molar refractivity (Wildman–Crippen MR) is 138 cm³/mol. The molecule has 11 heteroatoms. The molecule has 1 atom stereocenters. The minimum absolute atomic E-state index is 0.0199. The highest BCUT2D eigenvalue weighted by atomic mass is 16.6. The van der Waals surface area contributed by atoms with E-state index >= 15 is 0 Å². The minimum Gasteiger partial charge on any atom is -0.480 e. The number of benzene rings is 3. The first-order valence-corrected chi connectivity index (χ1v) is 11.4. The number of carbonyl (C=O) groups is 3. The Balaban J connectivity index is 1.66. The molecule has 4 aromatic rings. The second-order valence-electron chi connectivity index (χ2n) is 8.36. The Morgan fingerprint density at radius 3 is 2.19 bits per heavy atom. The number of rotatable bonds is 10. The number of hydrogen-bond acceptors (Lipinski definition) is 7. The normalized spacial score (nSPS) is 11.7. The average molecular weight is 501 g/mol. The van der Waals surface area contributed by atoms with E-state index in [1.165, 1.54) is 12.1 Å². The maximum atomic E-state index is 12.7. The summed E-state index contributed by atoms with van der Waals surface area (Å²) < 4.78 is 0. The molecule has 37 heavy (non-hydrogen) atoms. The number of para-hydroxylation sites is 2. The number of nitrogens with zero attached hydrogens (tertiary/aromatic N) is 2. The number of carbonyl (C=O) groups excluding carboxylic acids is 2. The average Bonchev–Trinajstić information content (AvgIpc) is 2.87. The molecule has 0 aliphatic heterocycles. The van der Waals surface area contributed by atoms with Crippen molar-refractivity contribution in [2.24, 2.45) is 5.73 Å². The lowest BCUT2D eigenvalue weighted by atomic mass is 10.1. The molecule has 0 spiro atoms. The Morgan fingerprint density at radius 2 is 1.62 bits per heavy atom. The van der Waals surface area contributed by atoms with E-state index < -0.39 is 28.7 Å². The smallest absolute Gasteiger partial charge is 0.326 e. The maximum Gasteiger partial charge on any atom is 0.326 e. The van der Waals surface area contributed by atoms with Crippen LogP contribution in [0.2, 0.25) is 0 Å². The number of amides is 2. The molecule has 0 unspecified atom stereocenters. The number of carboxylic acids is 1. The quantitative estimate of drug-likeness (QED) is 0.144. The fourth-order valence-corrected chi connectivity index (χ4v) is 4.02. The van der Waals surface area contributed by atoms with E-state index in [9.17, 15) is 29.6 Å². The number of nitrogens with one attached hydrogen (secondary N) is 2. The second kappa shape index (κ2) is 10.7. The number of nitro groups is 1. The fraction of sp³-hybridized carbons (Fsp3) is 0.154. The summed E-state index contributed by atoms with van der Waals surface area (Å²) in [6, 6.07) is 17.4. The molecule has 188 valence electrons. The summed E-state index contributed by atoms with van der Waals surface area (Å²) in [5.74, 6) is -2.66. The number of carboxylic acid groups (broad SMARTS) is 1. The van der Waals surface area contributed by atoms with Crippen molar-refractivity contribution in [3.8, 4) is 0 Å². The third-order valence-corrected chi connectivity index (χ3v) is 5.82. The summed E-state index contributed by atoms with van der Waals surface area (Å²) in [7, 11) is 0. The number of hydrogen-bond donors (Lipinski definition) is 4. The zero-order valence-electron chi connectivity index (χ0n) is 19.5. The zero-order chi connectivity index (χ0) is 26.5. The van der Waals surface area contributed by atoms with Gasteiger partial charge in [-0.1, -0.05) is 36.4 Å². The van der Waals surface area contributed by atoms with Gasteiger partial charge in [0.2, 0.25) is 5.91 Å². The molecular formula is C26H23N5O6. The summed E-state index contributed by atoms with van der Waals surface area (Å²) in [5, 5.41) is 28.4. The number of pyridine rings is 1. The van der Waals surface area contributed by atoms with E-state index in [1.807, 2.05) is 48.5 Å². The molecule has 3 aromatic carbocycles. The number of anilines is 2. The third kappa shape index (κ3) is 5.61. The predicted octanol–water partition coefficient (Wildman–Crippen LogP) is 3.88. The van der Waals surface area contributed by atoms with Crippen LogP contribution in [0.25, 0.3) is 21.8 Å². The summed E-state index contributed by atoms with van der Waals surface area (Å²) in [6.45, 7) is 0. The van der Waals surface area contributed by atoms with Crippen molar-refractivity contribution >= 4 is 56.7 Å². The van der Waals surface area contributed by atoms with Gasteiger partial charge < -0.3 is 21.5 Å². The third-order valence-electron chi connectivity index (χ3n) is 5.82. The molecule has 0 saturated carbocycles. The molecule has 2 amide bonds. The highest BCUT2D eigenvalue weighted by molar-refractivity contribution is 6.09. The van der Waals surface area contributed by atoms with Gasteiger partial charge in [-0.2, -0.15) is 0 Å². The summed E-state index contributed by atoms with van der Waals surface area (Å²) in [4.78, 5) is 51.1. The number of aromatic nitrogens is 1. The molecule has 0 bridgehead atoms. The van der Waals surface area contributed by atoms with Gasteiger partial charge in [-0.3, -0.25) is 19.7 Å². The van der Waals surface area contributed by atoms with Crippen LogP contribution >= 0.6 is 0 Å². The van der Waals surface area contributed by atoms with Crippen LogP contribution in [0.15, 0.2) is 66.7 Å². The molecular weight excluding hydrogens is 478 g/mol. The molecule has 11 nitrogen and oxygen atoms in total. The number of primary amides is 1. The van der Waals surface area contributed by atoms with Gasteiger partial charge >= 0.3 is 5.97 Å². The lowest BCUT2D eigenvalue weighted by molar-refractivity contribution is -0.383. The Bertz CT molecular complexity index is 1480. The van der Waals surface area contributed by atoms with E-state index in [2.05, 4.69) is 15.6 Å². The Kier molecular flexibility index (Phi) is 7.23. The number of nitrogens with two attached hydrogens (primary N) is 1. The standard InChI is InChI=1S/C26H23N5O6/c27-23(32)11-5-10-21(26(34)35)30-25(33)15-12-13-20(22(14-15)31(36)37)29-24-16-6-1-3-8-18(16)28-19-9-4-2-7-17(19)24/h1-4,6-9,12-14,21H,5,10-11H2,(H2,27,32)(H,28,29)(H,30,33)(H,34,35)/t21-/m0/s1. The Morgan fingerprint density at radius 1 is 1.00 bits per heavy atom. The molecule has 0 fully saturated rings. The molecule has 1 heterocycles. The summed E-state index contributed by atoms with van der Waals surface area (Å²) >= 11 is 0. The molecule has 0 saturated heterocycles. The van der Waals surface area contributed by atoms with E-state index in [1.54, 1.807) is 0 Å². The first-order chi connectivity index (χ1) is 17.7. The van der Waals surface area contributed by atoms with Crippen LogP contribution in [0.1, 0.15) is 29.6 Å². The first kappa shape index (κ1) is 25.0. The van der Waals surface area contributed by atoms with Crippen molar-refractivity contribution in [2.75, 3.05) is 5.32 Å². The molecule has 4 rings (SSSR count). The van der Waals surface area contributed by atoms with Crippen LogP contribution in [0.5, 0.6) is 0 Å². The van der Waals surface area contributed by atoms with Gasteiger partial charge in [-0.05, 0) is 37.1 Å². The number of aliphatic carboxylic acids is 1. The molecule has 0 aliphatic rings. The van der Waals surface area contributed by atoms with Crippen LogP contribution in [-0.4, -0.2) is 38.8 Å². The van der Waals surface area contributed by atoms with E-state index in [-0.39, 0.29) is 36.2 Å². The van der Waals surface area contributed by atoms with Gasteiger partial charge in [0.05, 0.1) is 21.6 Å². The van der Waals surface area contributed by atoms with Crippen molar-refractivity contribution in [3.05, 3.63) is 82.4 Å². The van der Waals surface area contributed by atoms with Crippen LogP contribution in [-0.2, 0) is 9.59 Å². The SMILES string of the molecule is NC(=O)CCC[C@H](NC(=O)c1ccc(Nc2c3ccccc3nc3ccccc23)c([N+](=O)[O-])c1)C(=O)O. The molecule has 1 aromatic heterocycles. The van der Waals surface area contributed by atoms with Gasteiger partial charge in [0, 0.05) is 28.8 Å². The Hall–Kier alpha value is -5.06. The topological polar surface area (TPSA) is 178 Å². The van der Waals surface area contributed by atoms with Crippen molar-refractivity contribution in [3.63, 3.8) is 0 Å². The van der Waals surface area contributed by atoms with Crippen LogP contribution in [0.3, 0.4) is 0 Å². The van der Waals surface area contributed by atoms with Crippen molar-refractivity contribution in [1.82, 2.24) is 10.3 Å². The van der Waals surface area contributed by atoms with Crippen LogP contribution in [0.4, 0.5) is 17.1 Å². The van der Waals surface area contributed by atoms with Gasteiger partial charge in [-0.25, -0.2) is 9.78 Å². The highest BCUT2D eigenvalue weighted by Crippen LogP contribution is 2.36. The zero-order valence-corrected chi connectivity index (χ0v) is 19.5. The van der Waals surface area contributed by atoms with Gasteiger partial charge in [-0.15, -0.1) is 0 Å². The Labute approximate surface area is 210 Å². The van der Waals surface area contributed by atoms with Crippen LogP contribution < -0.4 is 16.4 Å². The monoisotopic (exact) mass is 501 g/mol. The lowest BCUT2D eigenvalue weighted by Gasteiger charge is -2.15. The van der Waals surface area contributed by atoms with Crippen molar-refractivity contribution < 1.29 is 24.4 Å². The van der Waals surface area contributed by atoms with E-state index in [4.69, 9.17) is 5.73 Å². The van der Waals surface area contributed by atoms with E-state index in [0.29, 0.717) is 16.7 Å². The molecule has 5 N–H and O–H groups in total. The summed E-state index contributed by atoms with van der Waals surface area (Å²) in [5.41, 5.74) is 6.82. The van der Waals surface area contributed by atoms with Gasteiger partial charge in [0.25, 0.3) is 11.6 Å². The minimum atomic E-state index is -1.29. The lowest BCUT2D eigenvalue weighted by Crippen LogP contribution is -2.40.